The minimum Gasteiger partial charge on any atom is -0.382 e. The van der Waals surface area contributed by atoms with Crippen LogP contribution in [0.2, 0.25) is 0 Å². The highest BCUT2D eigenvalue weighted by Gasteiger charge is 2.11. The van der Waals surface area contributed by atoms with E-state index < -0.39 is 0 Å². The van der Waals surface area contributed by atoms with Gasteiger partial charge in [0.15, 0.2) is 5.82 Å². The molecule has 100 valence electrons. The Hall–Kier alpha value is -3.01. The van der Waals surface area contributed by atoms with Crippen molar-refractivity contribution in [2.45, 2.75) is 0 Å². The molecular weight excluding hydrogens is 260 g/mol. The van der Waals surface area contributed by atoms with E-state index >= 15 is 0 Å². The molecule has 0 amide bonds. The molecule has 0 atom stereocenters. The molecule has 0 saturated carbocycles. The number of fused-ring (bicyclic) bond motifs is 2. The lowest BCUT2D eigenvalue weighted by atomic mass is 10.0. The second-order valence-corrected chi connectivity index (χ2v) is 4.89. The Morgan fingerprint density at radius 1 is 0.714 bits per heavy atom. The molecule has 2 aromatic carbocycles. The largest absolute Gasteiger partial charge is 0.382 e. The Morgan fingerprint density at radius 2 is 1.43 bits per heavy atom. The van der Waals surface area contributed by atoms with E-state index in [0.717, 1.165) is 32.8 Å². The van der Waals surface area contributed by atoms with Crippen LogP contribution in [0.3, 0.4) is 0 Å². The summed E-state index contributed by atoms with van der Waals surface area (Å²) in [5.41, 5.74) is 7.71. The average Bonchev–Trinajstić information content (AvgIpc) is 2.55. The van der Waals surface area contributed by atoms with Gasteiger partial charge < -0.3 is 5.73 Å². The van der Waals surface area contributed by atoms with Gasteiger partial charge in [0.1, 0.15) is 5.69 Å². The summed E-state index contributed by atoms with van der Waals surface area (Å²) in [6, 6.07) is 16.0. The van der Waals surface area contributed by atoms with Crippen molar-refractivity contribution in [3.63, 3.8) is 0 Å². The van der Waals surface area contributed by atoms with Crippen molar-refractivity contribution < 1.29 is 0 Å². The second-order valence-electron chi connectivity index (χ2n) is 4.89. The van der Waals surface area contributed by atoms with E-state index in [2.05, 4.69) is 21.2 Å². The van der Waals surface area contributed by atoms with Crippen LogP contribution in [0, 0.1) is 0 Å². The fraction of sp³-hybridized carbons (Fsp3) is 0. The van der Waals surface area contributed by atoms with Crippen LogP contribution in [0.5, 0.6) is 0 Å². The molecule has 0 aliphatic carbocycles. The van der Waals surface area contributed by atoms with E-state index in [1.807, 2.05) is 54.9 Å². The molecule has 0 aliphatic heterocycles. The summed E-state index contributed by atoms with van der Waals surface area (Å²) >= 11 is 0. The monoisotopic (exact) mass is 272 g/mol. The zero-order chi connectivity index (χ0) is 14.2. The third-order valence-electron chi connectivity index (χ3n) is 3.64. The molecular formula is C17H12N4. The minimum atomic E-state index is 0.447. The Bertz CT molecular complexity index is 958. The number of nitrogen functional groups attached to an aromatic ring is 1. The van der Waals surface area contributed by atoms with E-state index in [1.54, 1.807) is 0 Å². The topological polar surface area (TPSA) is 64.7 Å². The first-order valence-corrected chi connectivity index (χ1v) is 6.68. The van der Waals surface area contributed by atoms with Crippen molar-refractivity contribution in [3.8, 4) is 11.3 Å². The summed E-state index contributed by atoms with van der Waals surface area (Å²) in [6.45, 7) is 0. The summed E-state index contributed by atoms with van der Waals surface area (Å²) in [5, 5.41) is 12.5. The number of pyridine rings is 1. The molecule has 0 fully saturated rings. The van der Waals surface area contributed by atoms with Gasteiger partial charge in [0.05, 0.1) is 0 Å². The van der Waals surface area contributed by atoms with Crippen molar-refractivity contribution in [3.05, 3.63) is 60.9 Å². The van der Waals surface area contributed by atoms with Crippen LogP contribution in [-0.2, 0) is 0 Å². The van der Waals surface area contributed by atoms with Gasteiger partial charge in [-0.25, -0.2) is 0 Å². The quantitative estimate of drug-likeness (QED) is 0.576. The maximum Gasteiger partial charge on any atom is 0.154 e. The molecule has 4 aromatic rings. The average molecular weight is 272 g/mol. The molecule has 4 nitrogen and oxygen atoms in total. The lowest BCUT2D eigenvalue weighted by Gasteiger charge is -2.09. The van der Waals surface area contributed by atoms with E-state index in [1.165, 1.54) is 0 Å². The maximum absolute atomic E-state index is 5.93. The van der Waals surface area contributed by atoms with E-state index in [9.17, 15) is 0 Å². The molecule has 0 aliphatic rings. The highest BCUT2D eigenvalue weighted by molar-refractivity contribution is 6.05. The molecule has 0 unspecified atom stereocenters. The van der Waals surface area contributed by atoms with Gasteiger partial charge in [-0.05, 0) is 5.39 Å². The van der Waals surface area contributed by atoms with Crippen LogP contribution < -0.4 is 5.73 Å². The number of rotatable bonds is 1. The predicted octanol–water partition coefficient (Wildman–Crippen LogP) is 3.43. The van der Waals surface area contributed by atoms with E-state index in [-0.39, 0.29) is 0 Å². The Kier molecular flexibility index (Phi) is 2.54. The molecule has 0 radical (unpaired) electrons. The van der Waals surface area contributed by atoms with Crippen molar-refractivity contribution in [2.75, 3.05) is 5.73 Å². The zero-order valence-corrected chi connectivity index (χ0v) is 11.2. The SMILES string of the molecule is Nc1nnc(-c2cncc3ccccc23)c2ccccc12. The van der Waals surface area contributed by atoms with Crippen LogP contribution >= 0.6 is 0 Å². The van der Waals surface area contributed by atoms with Crippen molar-refractivity contribution in [2.24, 2.45) is 0 Å². The lowest BCUT2D eigenvalue weighted by Crippen LogP contribution is -1.98. The Labute approximate surface area is 121 Å². The maximum atomic E-state index is 5.93. The molecule has 4 heteroatoms. The normalized spacial score (nSPS) is 11.0. The fourth-order valence-corrected chi connectivity index (χ4v) is 2.63. The molecule has 4 rings (SSSR count). The number of benzene rings is 2. The number of hydrogen-bond acceptors (Lipinski definition) is 4. The van der Waals surface area contributed by atoms with Gasteiger partial charge >= 0.3 is 0 Å². The lowest BCUT2D eigenvalue weighted by molar-refractivity contribution is 1.07. The van der Waals surface area contributed by atoms with Gasteiger partial charge in [0.25, 0.3) is 0 Å². The van der Waals surface area contributed by atoms with Crippen LogP contribution in [0.1, 0.15) is 0 Å². The fourth-order valence-electron chi connectivity index (χ4n) is 2.63. The van der Waals surface area contributed by atoms with Crippen LogP contribution in [-0.4, -0.2) is 15.2 Å². The summed E-state index contributed by atoms with van der Waals surface area (Å²) in [4.78, 5) is 4.32. The van der Waals surface area contributed by atoms with Gasteiger partial charge in [-0.15, -0.1) is 10.2 Å². The van der Waals surface area contributed by atoms with Gasteiger partial charge in [0, 0.05) is 34.1 Å². The number of anilines is 1. The van der Waals surface area contributed by atoms with Crippen molar-refractivity contribution in [1.82, 2.24) is 15.2 Å². The number of nitrogens with two attached hydrogens (primary N) is 1. The van der Waals surface area contributed by atoms with E-state index in [0.29, 0.717) is 5.82 Å². The number of hydrogen-bond donors (Lipinski definition) is 1. The smallest absolute Gasteiger partial charge is 0.154 e. The van der Waals surface area contributed by atoms with E-state index in [4.69, 9.17) is 5.73 Å². The highest BCUT2D eigenvalue weighted by Crippen LogP contribution is 2.32. The summed E-state index contributed by atoms with van der Waals surface area (Å²) in [7, 11) is 0. The van der Waals surface area contributed by atoms with Crippen LogP contribution in [0.15, 0.2) is 60.9 Å². The van der Waals surface area contributed by atoms with Crippen molar-refractivity contribution >= 4 is 27.4 Å². The molecule has 2 N–H and O–H groups in total. The molecule has 2 aromatic heterocycles. The first kappa shape index (κ1) is 11.8. The van der Waals surface area contributed by atoms with Gasteiger partial charge in [-0.1, -0.05) is 48.5 Å². The van der Waals surface area contributed by atoms with Gasteiger partial charge in [-0.3, -0.25) is 4.98 Å². The third-order valence-corrected chi connectivity index (χ3v) is 3.64. The molecule has 21 heavy (non-hydrogen) atoms. The third kappa shape index (κ3) is 1.80. The Balaban J connectivity index is 2.13. The second kappa shape index (κ2) is 4.52. The summed E-state index contributed by atoms with van der Waals surface area (Å²) in [6.07, 6.45) is 3.68. The predicted molar refractivity (Wildman–Crippen MR) is 84.7 cm³/mol. The van der Waals surface area contributed by atoms with Gasteiger partial charge in [-0.2, -0.15) is 0 Å². The number of nitrogens with zero attached hydrogens (tertiary/aromatic N) is 3. The Morgan fingerprint density at radius 3 is 2.29 bits per heavy atom. The first-order chi connectivity index (χ1) is 10.3. The minimum absolute atomic E-state index is 0.447. The molecule has 0 spiro atoms. The standard InChI is InChI=1S/C17H12N4/c18-17-14-8-4-3-7-13(14)16(20-21-17)15-10-19-9-11-5-1-2-6-12(11)15/h1-10H,(H2,18,21). The molecule has 2 heterocycles. The molecule has 0 bridgehead atoms. The van der Waals surface area contributed by atoms with Crippen LogP contribution in [0.4, 0.5) is 5.82 Å². The van der Waals surface area contributed by atoms with Gasteiger partial charge in [0.2, 0.25) is 0 Å². The zero-order valence-electron chi connectivity index (χ0n) is 11.2. The summed E-state index contributed by atoms with van der Waals surface area (Å²) < 4.78 is 0. The summed E-state index contributed by atoms with van der Waals surface area (Å²) in [5.74, 6) is 0.447. The molecule has 0 saturated heterocycles. The van der Waals surface area contributed by atoms with Crippen LogP contribution in [0.25, 0.3) is 32.8 Å². The highest BCUT2D eigenvalue weighted by atomic mass is 15.1. The van der Waals surface area contributed by atoms with Crippen molar-refractivity contribution in [1.29, 1.82) is 0 Å². The first-order valence-electron chi connectivity index (χ1n) is 6.68. The number of aromatic nitrogens is 3.